The molecule has 0 radical (unpaired) electrons. The van der Waals surface area contributed by atoms with Crippen LogP contribution in [-0.2, 0) is 7.05 Å². The molecule has 0 fully saturated rings. The van der Waals surface area contributed by atoms with Gasteiger partial charge < -0.3 is 15.0 Å². The van der Waals surface area contributed by atoms with Crippen molar-refractivity contribution in [3.05, 3.63) is 24.8 Å². The van der Waals surface area contributed by atoms with Gasteiger partial charge in [0.05, 0.1) is 11.9 Å². The van der Waals surface area contributed by atoms with Gasteiger partial charge in [-0.1, -0.05) is 12.2 Å². The van der Waals surface area contributed by atoms with Crippen molar-refractivity contribution in [2.75, 3.05) is 11.9 Å². The van der Waals surface area contributed by atoms with Crippen molar-refractivity contribution >= 4 is 17.0 Å². The Bertz CT molecular complexity index is 621. The van der Waals surface area contributed by atoms with Crippen LogP contribution >= 0.6 is 0 Å². The van der Waals surface area contributed by atoms with Gasteiger partial charge in [-0.2, -0.15) is 0 Å². The molecule has 0 aromatic carbocycles. The topological polar surface area (TPSA) is 75.9 Å². The van der Waals surface area contributed by atoms with E-state index in [9.17, 15) is 5.11 Å². The SMILES string of the molecule is Cn1cnc2c(NCC3(O)C=CCCC3)ncnc21. The monoisotopic (exact) mass is 259 g/mol. The summed E-state index contributed by atoms with van der Waals surface area (Å²) in [4.78, 5) is 12.7. The summed E-state index contributed by atoms with van der Waals surface area (Å²) < 4.78 is 1.84. The lowest BCUT2D eigenvalue weighted by Gasteiger charge is -2.27. The van der Waals surface area contributed by atoms with Crippen LogP contribution in [-0.4, -0.2) is 36.8 Å². The van der Waals surface area contributed by atoms with Gasteiger partial charge in [-0.15, -0.1) is 0 Å². The Morgan fingerprint density at radius 1 is 1.42 bits per heavy atom. The number of imidazole rings is 1. The highest BCUT2D eigenvalue weighted by molar-refractivity contribution is 5.82. The van der Waals surface area contributed by atoms with Crippen molar-refractivity contribution in [3.8, 4) is 0 Å². The summed E-state index contributed by atoms with van der Waals surface area (Å²) in [5.74, 6) is 0.665. The molecule has 6 nitrogen and oxygen atoms in total. The van der Waals surface area contributed by atoms with E-state index in [-0.39, 0.29) is 0 Å². The fraction of sp³-hybridized carbons (Fsp3) is 0.462. The molecule has 0 bridgehead atoms. The second-order valence-electron chi connectivity index (χ2n) is 5.00. The summed E-state index contributed by atoms with van der Waals surface area (Å²) >= 11 is 0. The predicted octanol–water partition coefficient (Wildman–Crippen LogP) is 1.25. The van der Waals surface area contributed by atoms with E-state index >= 15 is 0 Å². The third-order valence-electron chi connectivity index (χ3n) is 3.47. The number of aliphatic hydroxyl groups is 1. The second kappa shape index (κ2) is 4.62. The lowest BCUT2D eigenvalue weighted by molar-refractivity contribution is 0.0880. The number of rotatable bonds is 3. The van der Waals surface area contributed by atoms with Crippen molar-refractivity contribution in [2.24, 2.45) is 7.05 Å². The Hall–Kier alpha value is -1.95. The van der Waals surface area contributed by atoms with Crippen LogP contribution in [0.3, 0.4) is 0 Å². The van der Waals surface area contributed by atoms with E-state index in [4.69, 9.17) is 0 Å². The third-order valence-corrected chi connectivity index (χ3v) is 3.47. The minimum Gasteiger partial charge on any atom is -0.384 e. The number of nitrogens with one attached hydrogen (secondary N) is 1. The molecule has 2 aromatic heterocycles. The van der Waals surface area contributed by atoms with E-state index in [1.807, 2.05) is 23.8 Å². The zero-order valence-corrected chi connectivity index (χ0v) is 10.9. The maximum Gasteiger partial charge on any atom is 0.165 e. The first-order chi connectivity index (χ1) is 9.18. The highest BCUT2D eigenvalue weighted by Gasteiger charge is 2.25. The van der Waals surface area contributed by atoms with Gasteiger partial charge in [-0.3, -0.25) is 0 Å². The average molecular weight is 259 g/mol. The molecule has 19 heavy (non-hydrogen) atoms. The van der Waals surface area contributed by atoms with Crippen LogP contribution in [0.5, 0.6) is 0 Å². The van der Waals surface area contributed by atoms with Gasteiger partial charge in [0.2, 0.25) is 0 Å². The summed E-state index contributed by atoms with van der Waals surface area (Å²) in [6.07, 6.45) is 9.94. The fourth-order valence-corrected chi connectivity index (χ4v) is 2.37. The summed E-state index contributed by atoms with van der Waals surface area (Å²) in [6, 6.07) is 0. The van der Waals surface area contributed by atoms with E-state index in [2.05, 4.69) is 20.3 Å². The van der Waals surface area contributed by atoms with Crippen molar-refractivity contribution in [3.63, 3.8) is 0 Å². The molecule has 6 heteroatoms. The molecular formula is C13H17N5O. The summed E-state index contributed by atoms with van der Waals surface area (Å²) in [5.41, 5.74) is 0.724. The van der Waals surface area contributed by atoms with Crippen LogP contribution in [0.1, 0.15) is 19.3 Å². The Balaban J connectivity index is 1.82. The number of hydrogen-bond acceptors (Lipinski definition) is 5. The van der Waals surface area contributed by atoms with Crippen LogP contribution in [0.15, 0.2) is 24.8 Å². The number of nitrogens with zero attached hydrogens (tertiary/aromatic N) is 4. The first-order valence-electron chi connectivity index (χ1n) is 6.44. The van der Waals surface area contributed by atoms with Gasteiger partial charge in [0, 0.05) is 13.6 Å². The number of anilines is 1. The molecule has 0 spiro atoms. The zero-order valence-electron chi connectivity index (χ0n) is 10.9. The zero-order chi connectivity index (χ0) is 13.3. The largest absolute Gasteiger partial charge is 0.384 e. The molecule has 0 saturated heterocycles. The van der Waals surface area contributed by atoms with E-state index in [1.165, 1.54) is 6.33 Å². The Kier molecular flexibility index (Phi) is 2.94. The Morgan fingerprint density at radius 3 is 3.11 bits per heavy atom. The van der Waals surface area contributed by atoms with E-state index in [0.717, 1.165) is 30.4 Å². The molecule has 3 rings (SSSR count). The van der Waals surface area contributed by atoms with Gasteiger partial charge in [-0.25, -0.2) is 15.0 Å². The summed E-state index contributed by atoms with van der Waals surface area (Å²) in [7, 11) is 1.89. The average Bonchev–Trinajstić information content (AvgIpc) is 2.80. The lowest BCUT2D eigenvalue weighted by Crippen LogP contribution is -2.36. The highest BCUT2D eigenvalue weighted by atomic mass is 16.3. The smallest absolute Gasteiger partial charge is 0.165 e. The van der Waals surface area contributed by atoms with Gasteiger partial charge in [0.15, 0.2) is 11.5 Å². The van der Waals surface area contributed by atoms with E-state index < -0.39 is 5.60 Å². The number of aromatic nitrogens is 4. The molecule has 100 valence electrons. The maximum atomic E-state index is 10.4. The minimum atomic E-state index is -0.787. The van der Waals surface area contributed by atoms with Crippen molar-refractivity contribution in [1.82, 2.24) is 19.5 Å². The molecule has 0 saturated carbocycles. The predicted molar refractivity (Wildman–Crippen MR) is 72.7 cm³/mol. The van der Waals surface area contributed by atoms with Crippen LogP contribution in [0.2, 0.25) is 0 Å². The van der Waals surface area contributed by atoms with Crippen LogP contribution in [0.4, 0.5) is 5.82 Å². The first kappa shape index (κ1) is 12.1. The standard InChI is InChI=1S/C13H17N5O/c1-18-9-17-10-11(15-8-16-12(10)18)14-7-13(19)5-3-2-4-6-13/h3,5,8-9,19H,2,4,6-7H2,1H3,(H,14,15,16). The fourth-order valence-electron chi connectivity index (χ4n) is 2.37. The minimum absolute atomic E-state index is 0.437. The van der Waals surface area contributed by atoms with Crippen molar-refractivity contribution < 1.29 is 5.11 Å². The quantitative estimate of drug-likeness (QED) is 0.811. The lowest BCUT2D eigenvalue weighted by atomic mass is 9.91. The molecule has 2 N–H and O–H groups in total. The highest BCUT2D eigenvalue weighted by Crippen LogP contribution is 2.23. The number of aryl methyl sites for hydroxylation is 1. The van der Waals surface area contributed by atoms with E-state index in [0.29, 0.717) is 12.4 Å². The van der Waals surface area contributed by atoms with Crippen LogP contribution < -0.4 is 5.32 Å². The van der Waals surface area contributed by atoms with Crippen LogP contribution in [0.25, 0.3) is 11.2 Å². The van der Waals surface area contributed by atoms with Gasteiger partial charge >= 0.3 is 0 Å². The van der Waals surface area contributed by atoms with Gasteiger partial charge in [0.1, 0.15) is 11.8 Å². The molecule has 2 heterocycles. The molecular weight excluding hydrogens is 242 g/mol. The Morgan fingerprint density at radius 2 is 2.32 bits per heavy atom. The van der Waals surface area contributed by atoms with Crippen LogP contribution in [0, 0.1) is 0 Å². The van der Waals surface area contributed by atoms with Gasteiger partial charge in [-0.05, 0) is 19.3 Å². The summed E-state index contributed by atoms with van der Waals surface area (Å²) in [6.45, 7) is 0.437. The first-order valence-corrected chi connectivity index (χ1v) is 6.44. The molecule has 1 aliphatic rings. The maximum absolute atomic E-state index is 10.4. The number of hydrogen-bond donors (Lipinski definition) is 2. The molecule has 1 atom stereocenters. The number of fused-ring (bicyclic) bond motifs is 1. The van der Waals surface area contributed by atoms with E-state index in [1.54, 1.807) is 6.33 Å². The molecule has 0 amide bonds. The van der Waals surface area contributed by atoms with Gasteiger partial charge in [0.25, 0.3) is 0 Å². The molecule has 1 aliphatic carbocycles. The van der Waals surface area contributed by atoms with Crippen molar-refractivity contribution in [1.29, 1.82) is 0 Å². The normalized spacial score (nSPS) is 22.8. The summed E-state index contributed by atoms with van der Waals surface area (Å²) in [5, 5.41) is 13.6. The second-order valence-corrected chi connectivity index (χ2v) is 5.00. The Labute approximate surface area is 111 Å². The van der Waals surface area contributed by atoms with Crippen molar-refractivity contribution in [2.45, 2.75) is 24.9 Å². The molecule has 1 unspecified atom stereocenters. The number of allylic oxidation sites excluding steroid dienone is 1. The third kappa shape index (κ3) is 2.31. The molecule has 0 aliphatic heterocycles. The molecule has 2 aromatic rings.